The van der Waals surface area contributed by atoms with E-state index in [1.807, 2.05) is 47.7 Å². The molecule has 1 aliphatic heterocycles. The lowest BCUT2D eigenvalue weighted by atomic mass is 9.83. The van der Waals surface area contributed by atoms with Crippen molar-refractivity contribution in [1.82, 2.24) is 9.78 Å². The lowest BCUT2D eigenvalue weighted by Gasteiger charge is -2.23. The standard InChI is InChI=1S/C20H19N3O3S/c1-20(2)14-7-4-5-8-15(14)22(3)17(20)11-13(24)12-23-19(25)26-18(21-23)16-9-6-10-27-16/h4-11H,12H2,1-3H3/b17-11-. The van der Waals surface area contributed by atoms with Crippen LogP contribution in [0.1, 0.15) is 19.4 Å². The molecule has 138 valence electrons. The van der Waals surface area contributed by atoms with E-state index in [4.69, 9.17) is 4.42 Å². The highest BCUT2D eigenvalue weighted by Gasteiger charge is 2.38. The van der Waals surface area contributed by atoms with E-state index in [1.54, 1.807) is 6.08 Å². The largest absolute Gasteiger partial charge is 0.437 e. The molecule has 0 radical (unpaired) electrons. The summed E-state index contributed by atoms with van der Waals surface area (Å²) in [5.74, 6) is -0.598. The number of hydrogen-bond acceptors (Lipinski definition) is 6. The number of allylic oxidation sites excluding steroid dienone is 2. The summed E-state index contributed by atoms with van der Waals surface area (Å²) in [4.78, 5) is 27.5. The van der Waals surface area contributed by atoms with Crippen molar-refractivity contribution in [2.24, 2.45) is 0 Å². The first kappa shape index (κ1) is 17.5. The van der Waals surface area contributed by atoms with Crippen LogP contribution < -0.4 is 10.7 Å². The molecule has 0 amide bonds. The molecule has 0 saturated carbocycles. The normalized spacial score (nSPS) is 16.7. The van der Waals surface area contributed by atoms with Crippen LogP contribution in [-0.2, 0) is 16.8 Å². The number of para-hydroxylation sites is 1. The Hall–Kier alpha value is -2.93. The number of fused-ring (bicyclic) bond motifs is 1. The number of anilines is 1. The van der Waals surface area contributed by atoms with Crippen LogP contribution in [0.2, 0.25) is 0 Å². The molecule has 27 heavy (non-hydrogen) atoms. The minimum Gasteiger partial charge on any atom is -0.387 e. The number of carbonyl (C=O) groups is 1. The summed E-state index contributed by atoms with van der Waals surface area (Å²) < 4.78 is 6.24. The highest BCUT2D eigenvalue weighted by Crippen LogP contribution is 2.46. The minimum absolute atomic E-state index is 0.155. The Morgan fingerprint density at radius 2 is 2.04 bits per heavy atom. The summed E-state index contributed by atoms with van der Waals surface area (Å²) in [5.41, 5.74) is 2.85. The molecule has 0 spiro atoms. The highest BCUT2D eigenvalue weighted by molar-refractivity contribution is 7.13. The first-order chi connectivity index (χ1) is 12.9. The van der Waals surface area contributed by atoms with Crippen LogP contribution in [0.15, 0.2) is 62.8 Å². The molecule has 2 aromatic heterocycles. The molecule has 1 aliphatic rings. The van der Waals surface area contributed by atoms with E-state index in [0.717, 1.165) is 20.9 Å². The van der Waals surface area contributed by atoms with Crippen molar-refractivity contribution in [3.05, 3.63) is 69.7 Å². The number of carbonyl (C=O) groups excluding carboxylic acids is 1. The van der Waals surface area contributed by atoms with E-state index >= 15 is 0 Å². The van der Waals surface area contributed by atoms with Crippen LogP contribution >= 0.6 is 11.3 Å². The number of likely N-dealkylation sites (N-methyl/N-ethyl adjacent to an activating group) is 1. The minimum atomic E-state index is -0.632. The van der Waals surface area contributed by atoms with Gasteiger partial charge in [-0.3, -0.25) is 4.79 Å². The summed E-state index contributed by atoms with van der Waals surface area (Å²) in [5, 5.41) is 6.02. The van der Waals surface area contributed by atoms with Gasteiger partial charge in [-0.1, -0.05) is 38.1 Å². The molecule has 6 nitrogen and oxygen atoms in total. The molecular weight excluding hydrogens is 362 g/mol. The van der Waals surface area contributed by atoms with Crippen LogP contribution in [0.4, 0.5) is 5.69 Å². The fourth-order valence-corrected chi connectivity index (χ4v) is 4.15. The first-order valence-electron chi connectivity index (χ1n) is 8.58. The fraction of sp³-hybridized carbons (Fsp3) is 0.250. The zero-order valence-corrected chi connectivity index (χ0v) is 16.1. The number of hydrogen-bond donors (Lipinski definition) is 0. The molecule has 0 aliphatic carbocycles. The summed E-state index contributed by atoms with van der Waals surface area (Å²) in [7, 11) is 1.95. The lowest BCUT2D eigenvalue weighted by molar-refractivity contribution is -0.115. The monoisotopic (exact) mass is 381 g/mol. The number of benzene rings is 1. The van der Waals surface area contributed by atoms with Crippen LogP contribution in [0, 0.1) is 0 Å². The van der Waals surface area contributed by atoms with Gasteiger partial charge >= 0.3 is 5.76 Å². The van der Waals surface area contributed by atoms with Crippen LogP contribution in [0.3, 0.4) is 0 Å². The van der Waals surface area contributed by atoms with Crippen molar-refractivity contribution in [2.75, 3.05) is 11.9 Å². The Labute approximate surface area is 160 Å². The van der Waals surface area contributed by atoms with Crippen molar-refractivity contribution in [3.8, 4) is 10.8 Å². The second-order valence-electron chi connectivity index (χ2n) is 7.01. The van der Waals surface area contributed by atoms with E-state index in [2.05, 4.69) is 25.0 Å². The molecule has 4 rings (SSSR count). The Kier molecular flexibility index (Phi) is 4.11. The van der Waals surface area contributed by atoms with Crippen LogP contribution in [0.5, 0.6) is 0 Å². The quantitative estimate of drug-likeness (QED) is 0.648. The molecule has 0 fully saturated rings. The molecule has 0 saturated heterocycles. The van der Waals surface area contributed by atoms with Crippen LogP contribution in [-0.4, -0.2) is 22.6 Å². The molecule has 7 heteroatoms. The number of thiophene rings is 1. The Balaban J connectivity index is 1.61. The smallest absolute Gasteiger partial charge is 0.387 e. The molecular formula is C20H19N3O3S. The Bertz CT molecular complexity index is 1090. The molecule has 0 unspecified atom stereocenters. The third-order valence-corrected chi connectivity index (χ3v) is 5.74. The SMILES string of the molecule is CN1/C(=C\C(=O)Cn2nc(-c3cccs3)oc2=O)C(C)(C)c2ccccc21. The fourth-order valence-electron chi connectivity index (χ4n) is 3.51. The summed E-state index contributed by atoms with van der Waals surface area (Å²) in [6, 6.07) is 11.8. The zero-order valence-electron chi connectivity index (χ0n) is 15.3. The molecule has 3 aromatic rings. The van der Waals surface area contributed by atoms with Gasteiger partial charge in [-0.15, -0.1) is 16.4 Å². The van der Waals surface area contributed by atoms with Gasteiger partial charge in [0.2, 0.25) is 0 Å². The second-order valence-corrected chi connectivity index (χ2v) is 7.95. The maximum absolute atomic E-state index is 12.7. The van der Waals surface area contributed by atoms with Crippen molar-refractivity contribution in [1.29, 1.82) is 0 Å². The Morgan fingerprint density at radius 3 is 2.74 bits per heavy atom. The van der Waals surface area contributed by atoms with E-state index in [9.17, 15) is 9.59 Å². The predicted molar refractivity (Wildman–Crippen MR) is 105 cm³/mol. The van der Waals surface area contributed by atoms with Gasteiger partial charge in [0.25, 0.3) is 5.89 Å². The lowest BCUT2D eigenvalue weighted by Crippen LogP contribution is -2.26. The maximum atomic E-state index is 12.7. The van der Waals surface area contributed by atoms with Gasteiger partial charge in [-0.2, -0.15) is 4.68 Å². The summed E-state index contributed by atoms with van der Waals surface area (Å²) in [6.07, 6.45) is 1.60. The summed E-state index contributed by atoms with van der Waals surface area (Å²) in [6.45, 7) is 4.02. The number of nitrogens with zero attached hydrogens (tertiary/aromatic N) is 3. The van der Waals surface area contributed by atoms with Gasteiger partial charge in [-0.25, -0.2) is 4.79 Å². The Morgan fingerprint density at radius 1 is 1.26 bits per heavy atom. The van der Waals surface area contributed by atoms with E-state index < -0.39 is 5.76 Å². The van der Waals surface area contributed by atoms with E-state index in [1.165, 1.54) is 16.9 Å². The van der Waals surface area contributed by atoms with E-state index in [0.29, 0.717) is 0 Å². The third kappa shape index (κ3) is 2.94. The number of ketones is 1. The van der Waals surface area contributed by atoms with E-state index in [-0.39, 0.29) is 23.6 Å². The summed E-state index contributed by atoms with van der Waals surface area (Å²) >= 11 is 1.42. The van der Waals surface area contributed by atoms with Crippen LogP contribution in [0.25, 0.3) is 10.8 Å². The molecule has 1 aromatic carbocycles. The number of aromatic nitrogens is 2. The van der Waals surface area contributed by atoms with Gasteiger partial charge in [0.15, 0.2) is 5.78 Å². The highest BCUT2D eigenvalue weighted by atomic mass is 32.1. The molecule has 0 atom stereocenters. The van der Waals surface area contributed by atoms with Crippen molar-refractivity contribution < 1.29 is 9.21 Å². The molecule has 0 N–H and O–H groups in total. The predicted octanol–water partition coefficient (Wildman–Crippen LogP) is 3.45. The zero-order chi connectivity index (χ0) is 19.2. The first-order valence-corrected chi connectivity index (χ1v) is 9.46. The number of rotatable bonds is 4. The topological polar surface area (TPSA) is 68.3 Å². The van der Waals surface area contributed by atoms with Gasteiger partial charge < -0.3 is 9.32 Å². The maximum Gasteiger partial charge on any atom is 0.437 e. The second kappa shape index (κ2) is 6.35. The third-order valence-electron chi connectivity index (χ3n) is 4.88. The molecule has 0 bridgehead atoms. The molecule has 3 heterocycles. The van der Waals surface area contributed by atoms with Crippen molar-refractivity contribution in [2.45, 2.75) is 25.8 Å². The van der Waals surface area contributed by atoms with Gasteiger partial charge in [0.1, 0.15) is 6.54 Å². The van der Waals surface area contributed by atoms with Gasteiger partial charge in [-0.05, 0) is 23.1 Å². The average Bonchev–Trinajstić information content (AvgIpc) is 3.32. The average molecular weight is 381 g/mol. The van der Waals surface area contributed by atoms with Crippen molar-refractivity contribution >= 4 is 22.8 Å². The van der Waals surface area contributed by atoms with Crippen molar-refractivity contribution in [3.63, 3.8) is 0 Å². The van der Waals surface area contributed by atoms with Gasteiger partial charge in [0.05, 0.1) is 4.88 Å². The van der Waals surface area contributed by atoms with Gasteiger partial charge in [0, 0.05) is 29.9 Å².